The van der Waals surface area contributed by atoms with Crippen molar-refractivity contribution in [2.45, 2.75) is 44.3 Å². The third-order valence-corrected chi connectivity index (χ3v) is 6.45. The van der Waals surface area contributed by atoms with Crippen LogP contribution < -0.4 is 9.64 Å². The van der Waals surface area contributed by atoms with Gasteiger partial charge >= 0.3 is 6.18 Å². The molecule has 2 aromatic rings. The fourth-order valence-corrected chi connectivity index (χ4v) is 4.45. The molecular weight excluding hydrogens is 421 g/mol. The number of alkyl halides is 3. The van der Waals surface area contributed by atoms with E-state index in [0.29, 0.717) is 19.0 Å². The number of aliphatic hydroxyl groups excluding tert-OH is 1. The Morgan fingerprint density at radius 1 is 1.09 bits per heavy atom. The minimum Gasteiger partial charge on any atom is -0.493 e. The SMILES string of the molecule is CC(c1ccc2c(c1)OCC2)N1CCN(c2ncc(C(CCCO)C(F)(F)F)cn2)CC1. The third-order valence-electron chi connectivity index (χ3n) is 6.45. The second kappa shape index (κ2) is 9.62. The van der Waals surface area contributed by atoms with E-state index in [9.17, 15) is 13.2 Å². The molecule has 2 aliphatic rings. The lowest BCUT2D eigenvalue weighted by molar-refractivity contribution is -0.152. The van der Waals surface area contributed by atoms with Gasteiger partial charge in [0.25, 0.3) is 0 Å². The number of ether oxygens (including phenoxy) is 1. The van der Waals surface area contributed by atoms with Crippen LogP contribution in [0.2, 0.25) is 0 Å². The largest absolute Gasteiger partial charge is 0.493 e. The highest BCUT2D eigenvalue weighted by atomic mass is 19.4. The lowest BCUT2D eigenvalue weighted by Gasteiger charge is -2.38. The van der Waals surface area contributed by atoms with Crippen LogP contribution in [0.15, 0.2) is 30.6 Å². The first kappa shape index (κ1) is 22.8. The molecule has 0 saturated carbocycles. The lowest BCUT2D eigenvalue weighted by Crippen LogP contribution is -2.47. The van der Waals surface area contributed by atoms with E-state index in [1.165, 1.54) is 23.5 Å². The Morgan fingerprint density at radius 3 is 2.47 bits per heavy atom. The number of hydrogen-bond donors (Lipinski definition) is 1. The Labute approximate surface area is 186 Å². The highest BCUT2D eigenvalue weighted by Crippen LogP contribution is 2.38. The van der Waals surface area contributed by atoms with Crippen LogP contribution in [0.4, 0.5) is 19.1 Å². The summed E-state index contributed by atoms with van der Waals surface area (Å²) in [7, 11) is 0. The summed E-state index contributed by atoms with van der Waals surface area (Å²) >= 11 is 0. The summed E-state index contributed by atoms with van der Waals surface area (Å²) in [4.78, 5) is 12.9. The van der Waals surface area contributed by atoms with Crippen LogP contribution in [-0.2, 0) is 6.42 Å². The zero-order valence-corrected chi connectivity index (χ0v) is 18.2. The summed E-state index contributed by atoms with van der Waals surface area (Å²) in [6.45, 7) is 5.69. The van der Waals surface area contributed by atoms with Gasteiger partial charge in [-0.05, 0) is 37.0 Å². The van der Waals surface area contributed by atoms with Crippen molar-refractivity contribution in [2.24, 2.45) is 0 Å². The number of fused-ring (bicyclic) bond motifs is 1. The van der Waals surface area contributed by atoms with E-state index in [0.717, 1.165) is 31.9 Å². The zero-order chi connectivity index (χ0) is 22.7. The van der Waals surface area contributed by atoms with Crippen molar-refractivity contribution < 1.29 is 23.0 Å². The second-order valence-electron chi connectivity index (χ2n) is 8.44. The molecule has 174 valence electrons. The van der Waals surface area contributed by atoms with Gasteiger partial charge in [-0.1, -0.05) is 12.1 Å². The normalized spacial score (nSPS) is 18.8. The van der Waals surface area contributed by atoms with Crippen molar-refractivity contribution in [3.8, 4) is 5.75 Å². The smallest absolute Gasteiger partial charge is 0.395 e. The summed E-state index contributed by atoms with van der Waals surface area (Å²) in [6.07, 6.45) is -0.957. The highest BCUT2D eigenvalue weighted by molar-refractivity contribution is 5.41. The van der Waals surface area contributed by atoms with Crippen molar-refractivity contribution in [3.05, 3.63) is 47.3 Å². The standard InChI is InChI=1S/C23H29F3N4O2/c1-16(18-5-4-17-6-12-32-21(17)13-18)29-7-9-30(10-8-29)22-27-14-19(15-28-22)20(3-2-11-31)23(24,25)26/h4-5,13-16,20,31H,2-3,6-12H2,1H3. The van der Waals surface area contributed by atoms with Gasteiger partial charge in [0.2, 0.25) is 5.95 Å². The molecular formula is C23H29F3N4O2. The lowest BCUT2D eigenvalue weighted by atomic mass is 9.96. The minimum absolute atomic E-state index is 0.0424. The quantitative estimate of drug-likeness (QED) is 0.694. The molecule has 2 atom stereocenters. The van der Waals surface area contributed by atoms with E-state index in [4.69, 9.17) is 9.84 Å². The molecule has 1 saturated heterocycles. The molecule has 0 radical (unpaired) electrons. The van der Waals surface area contributed by atoms with Crippen LogP contribution in [0.1, 0.15) is 48.4 Å². The van der Waals surface area contributed by atoms with Gasteiger partial charge < -0.3 is 14.7 Å². The molecule has 1 N–H and O–H groups in total. The highest BCUT2D eigenvalue weighted by Gasteiger charge is 2.40. The molecule has 1 aromatic heterocycles. The first-order chi connectivity index (χ1) is 15.4. The van der Waals surface area contributed by atoms with Crippen LogP contribution >= 0.6 is 0 Å². The molecule has 2 aliphatic heterocycles. The third kappa shape index (κ3) is 4.99. The maximum absolute atomic E-state index is 13.4. The summed E-state index contributed by atoms with van der Waals surface area (Å²) in [5.41, 5.74) is 2.53. The molecule has 32 heavy (non-hydrogen) atoms. The summed E-state index contributed by atoms with van der Waals surface area (Å²) in [5.74, 6) is -0.217. The number of anilines is 1. The summed E-state index contributed by atoms with van der Waals surface area (Å²) in [5, 5.41) is 8.90. The topological polar surface area (TPSA) is 61.7 Å². The first-order valence-electron chi connectivity index (χ1n) is 11.1. The monoisotopic (exact) mass is 450 g/mol. The Morgan fingerprint density at radius 2 is 1.81 bits per heavy atom. The van der Waals surface area contributed by atoms with Crippen molar-refractivity contribution in [3.63, 3.8) is 0 Å². The Balaban J connectivity index is 1.36. The van der Waals surface area contributed by atoms with Crippen LogP contribution in [0.3, 0.4) is 0 Å². The molecule has 0 amide bonds. The van der Waals surface area contributed by atoms with Crippen molar-refractivity contribution in [1.29, 1.82) is 0 Å². The number of halogens is 3. The summed E-state index contributed by atoms with van der Waals surface area (Å²) in [6, 6.07) is 6.69. The molecule has 2 unspecified atom stereocenters. The molecule has 0 aliphatic carbocycles. The van der Waals surface area contributed by atoms with E-state index >= 15 is 0 Å². The van der Waals surface area contributed by atoms with Crippen LogP contribution in [0.5, 0.6) is 5.75 Å². The molecule has 1 fully saturated rings. The van der Waals surface area contributed by atoms with Crippen LogP contribution in [-0.4, -0.2) is 65.5 Å². The summed E-state index contributed by atoms with van der Waals surface area (Å²) < 4.78 is 45.8. The molecule has 0 spiro atoms. The maximum Gasteiger partial charge on any atom is 0.395 e. The van der Waals surface area contributed by atoms with Crippen LogP contribution in [0.25, 0.3) is 0 Å². The van der Waals surface area contributed by atoms with E-state index < -0.39 is 12.1 Å². The number of aliphatic hydroxyl groups is 1. The Bertz CT molecular complexity index is 899. The van der Waals surface area contributed by atoms with Gasteiger partial charge in [-0.3, -0.25) is 4.90 Å². The van der Waals surface area contributed by atoms with E-state index in [2.05, 4.69) is 40.0 Å². The van der Waals surface area contributed by atoms with E-state index in [1.54, 1.807) is 0 Å². The number of piperazine rings is 1. The average Bonchev–Trinajstić information content (AvgIpc) is 3.26. The maximum atomic E-state index is 13.4. The predicted molar refractivity (Wildman–Crippen MR) is 115 cm³/mol. The average molecular weight is 451 g/mol. The number of nitrogens with zero attached hydrogens (tertiary/aromatic N) is 4. The van der Waals surface area contributed by atoms with Gasteiger partial charge in [-0.2, -0.15) is 13.2 Å². The van der Waals surface area contributed by atoms with Crippen molar-refractivity contribution in [2.75, 3.05) is 44.3 Å². The van der Waals surface area contributed by atoms with Crippen LogP contribution in [0, 0.1) is 0 Å². The first-order valence-corrected chi connectivity index (χ1v) is 11.1. The number of hydrogen-bond acceptors (Lipinski definition) is 6. The van der Waals surface area contributed by atoms with E-state index in [1.807, 2.05) is 4.90 Å². The zero-order valence-electron chi connectivity index (χ0n) is 18.2. The molecule has 4 rings (SSSR count). The molecule has 6 nitrogen and oxygen atoms in total. The van der Waals surface area contributed by atoms with E-state index in [-0.39, 0.29) is 31.1 Å². The molecule has 9 heteroatoms. The second-order valence-corrected chi connectivity index (χ2v) is 8.44. The van der Waals surface area contributed by atoms with Crippen molar-refractivity contribution in [1.82, 2.24) is 14.9 Å². The molecule has 0 bridgehead atoms. The Kier molecular flexibility index (Phi) is 6.85. The van der Waals surface area contributed by atoms with Gasteiger partial charge in [0.15, 0.2) is 0 Å². The fourth-order valence-electron chi connectivity index (χ4n) is 4.45. The number of benzene rings is 1. The van der Waals surface area contributed by atoms with Gasteiger partial charge in [0.05, 0.1) is 12.5 Å². The minimum atomic E-state index is -4.38. The molecule has 1 aromatic carbocycles. The fraction of sp³-hybridized carbons (Fsp3) is 0.565. The van der Waals surface area contributed by atoms with Gasteiger partial charge in [-0.25, -0.2) is 9.97 Å². The van der Waals surface area contributed by atoms with Gasteiger partial charge in [0, 0.05) is 63.2 Å². The van der Waals surface area contributed by atoms with Crippen molar-refractivity contribution >= 4 is 5.95 Å². The van der Waals surface area contributed by atoms with Gasteiger partial charge in [-0.15, -0.1) is 0 Å². The Hall–Kier alpha value is -2.39. The van der Waals surface area contributed by atoms with Gasteiger partial charge in [0.1, 0.15) is 5.75 Å². The number of rotatable bonds is 7. The molecule has 3 heterocycles. The predicted octanol–water partition coefficient (Wildman–Crippen LogP) is 3.71. The number of aromatic nitrogens is 2.